The van der Waals surface area contributed by atoms with E-state index in [9.17, 15) is 0 Å². The van der Waals surface area contributed by atoms with E-state index in [1.54, 1.807) is 11.3 Å². The number of nitrogens with zero attached hydrogens (tertiary/aromatic N) is 2. The van der Waals surface area contributed by atoms with Gasteiger partial charge in [0, 0.05) is 17.1 Å². The van der Waals surface area contributed by atoms with E-state index in [2.05, 4.69) is 28.5 Å². The van der Waals surface area contributed by atoms with E-state index in [4.69, 9.17) is 5.73 Å². The second kappa shape index (κ2) is 5.67. The standard InChI is InChI=1S/C12H18N4S2/c1-4-8(5-2)15-12-9(10(13)16-18-12)11-14-7(3)6-17-11/h6,8,15H,4-5H2,1-3H3,(H2,13,16). The SMILES string of the molecule is CCC(CC)Nc1snc(N)c1-c1nc(C)cs1. The molecule has 0 amide bonds. The van der Waals surface area contributed by atoms with Crippen LogP contribution in [0.25, 0.3) is 10.6 Å². The Balaban J connectivity index is 2.32. The zero-order chi connectivity index (χ0) is 13.1. The van der Waals surface area contributed by atoms with Crippen LogP contribution in [0.1, 0.15) is 32.4 Å². The van der Waals surface area contributed by atoms with Gasteiger partial charge in [0.1, 0.15) is 15.8 Å². The van der Waals surface area contributed by atoms with Gasteiger partial charge in [-0.25, -0.2) is 4.98 Å². The summed E-state index contributed by atoms with van der Waals surface area (Å²) in [5.41, 5.74) is 7.95. The van der Waals surface area contributed by atoms with E-state index >= 15 is 0 Å². The molecule has 0 fully saturated rings. The van der Waals surface area contributed by atoms with Crippen LogP contribution in [0.4, 0.5) is 10.8 Å². The van der Waals surface area contributed by atoms with Gasteiger partial charge in [-0.15, -0.1) is 11.3 Å². The molecule has 0 radical (unpaired) electrons. The molecule has 4 nitrogen and oxygen atoms in total. The number of thiazole rings is 1. The number of hydrogen-bond donors (Lipinski definition) is 2. The molecule has 0 aliphatic heterocycles. The van der Waals surface area contributed by atoms with E-state index in [1.165, 1.54) is 11.5 Å². The van der Waals surface area contributed by atoms with E-state index in [-0.39, 0.29) is 0 Å². The Morgan fingerprint density at radius 2 is 2.11 bits per heavy atom. The fraction of sp³-hybridized carbons (Fsp3) is 0.500. The lowest BCUT2D eigenvalue weighted by atomic mass is 10.2. The first-order chi connectivity index (χ1) is 8.65. The average molecular weight is 282 g/mol. The van der Waals surface area contributed by atoms with Crippen LogP contribution in [0, 0.1) is 6.92 Å². The predicted octanol–water partition coefficient (Wildman–Crippen LogP) is 3.76. The molecule has 3 N–H and O–H groups in total. The molecule has 2 aromatic heterocycles. The van der Waals surface area contributed by atoms with Crippen molar-refractivity contribution >= 4 is 33.7 Å². The maximum atomic E-state index is 5.97. The molecule has 0 aromatic carbocycles. The smallest absolute Gasteiger partial charge is 0.149 e. The molecular formula is C12H18N4S2. The van der Waals surface area contributed by atoms with Crippen molar-refractivity contribution < 1.29 is 0 Å². The van der Waals surface area contributed by atoms with E-state index in [0.717, 1.165) is 34.1 Å². The first kappa shape index (κ1) is 13.3. The van der Waals surface area contributed by atoms with Crippen LogP contribution in [-0.2, 0) is 0 Å². The number of hydrogen-bond acceptors (Lipinski definition) is 6. The van der Waals surface area contributed by atoms with Crippen LogP contribution in [0.5, 0.6) is 0 Å². The monoisotopic (exact) mass is 282 g/mol. The predicted molar refractivity (Wildman–Crippen MR) is 80.4 cm³/mol. The summed E-state index contributed by atoms with van der Waals surface area (Å²) < 4.78 is 4.25. The summed E-state index contributed by atoms with van der Waals surface area (Å²) in [6.07, 6.45) is 2.18. The Hall–Kier alpha value is -1.14. The largest absolute Gasteiger partial charge is 0.382 e. The summed E-state index contributed by atoms with van der Waals surface area (Å²) in [5.74, 6) is 0.572. The molecule has 0 saturated carbocycles. The molecule has 0 atom stereocenters. The minimum atomic E-state index is 0.463. The van der Waals surface area contributed by atoms with Crippen molar-refractivity contribution in [3.05, 3.63) is 11.1 Å². The molecule has 2 rings (SSSR count). The number of anilines is 2. The zero-order valence-electron chi connectivity index (χ0n) is 10.9. The van der Waals surface area contributed by atoms with Crippen molar-refractivity contribution in [2.75, 3.05) is 11.1 Å². The van der Waals surface area contributed by atoms with Crippen molar-refractivity contribution in [3.63, 3.8) is 0 Å². The fourth-order valence-electron chi connectivity index (χ4n) is 1.75. The second-order valence-electron chi connectivity index (χ2n) is 4.22. The van der Waals surface area contributed by atoms with Crippen LogP contribution in [0.15, 0.2) is 5.38 Å². The van der Waals surface area contributed by atoms with Crippen molar-refractivity contribution in [1.82, 2.24) is 9.36 Å². The lowest BCUT2D eigenvalue weighted by Gasteiger charge is -2.15. The zero-order valence-corrected chi connectivity index (χ0v) is 12.5. The third-order valence-corrected chi connectivity index (χ3v) is 4.64. The highest BCUT2D eigenvalue weighted by molar-refractivity contribution is 7.15. The Morgan fingerprint density at radius 1 is 1.39 bits per heavy atom. The van der Waals surface area contributed by atoms with Crippen LogP contribution in [0.2, 0.25) is 0 Å². The highest BCUT2D eigenvalue weighted by Crippen LogP contribution is 2.38. The molecule has 0 aliphatic rings. The van der Waals surface area contributed by atoms with Gasteiger partial charge >= 0.3 is 0 Å². The Kier molecular flexibility index (Phi) is 4.19. The average Bonchev–Trinajstić information content (AvgIpc) is 2.92. The van der Waals surface area contributed by atoms with Gasteiger partial charge < -0.3 is 11.1 Å². The number of rotatable bonds is 5. The Labute approximate surface area is 115 Å². The molecule has 0 saturated heterocycles. The molecule has 0 spiro atoms. The lowest BCUT2D eigenvalue weighted by molar-refractivity contribution is 0.674. The summed E-state index contributed by atoms with van der Waals surface area (Å²) in [4.78, 5) is 4.50. The Morgan fingerprint density at radius 3 is 2.67 bits per heavy atom. The van der Waals surface area contributed by atoms with Crippen molar-refractivity contribution in [2.24, 2.45) is 0 Å². The molecule has 0 unspecified atom stereocenters. The van der Waals surface area contributed by atoms with Gasteiger partial charge in [-0.05, 0) is 31.3 Å². The quantitative estimate of drug-likeness (QED) is 0.876. The maximum absolute atomic E-state index is 5.97. The lowest BCUT2D eigenvalue weighted by Crippen LogP contribution is -2.16. The van der Waals surface area contributed by atoms with Crippen molar-refractivity contribution in [1.29, 1.82) is 0 Å². The van der Waals surface area contributed by atoms with E-state index < -0.39 is 0 Å². The summed E-state index contributed by atoms with van der Waals surface area (Å²) >= 11 is 3.03. The van der Waals surface area contributed by atoms with Gasteiger partial charge in [0.2, 0.25) is 0 Å². The minimum Gasteiger partial charge on any atom is -0.382 e. The molecule has 0 bridgehead atoms. The van der Waals surface area contributed by atoms with Crippen LogP contribution >= 0.6 is 22.9 Å². The number of nitrogens with one attached hydrogen (secondary N) is 1. The van der Waals surface area contributed by atoms with E-state index in [1.807, 2.05) is 12.3 Å². The third-order valence-electron chi connectivity index (χ3n) is 2.87. The minimum absolute atomic E-state index is 0.463. The van der Waals surface area contributed by atoms with Gasteiger partial charge in [0.05, 0.1) is 5.56 Å². The van der Waals surface area contributed by atoms with Gasteiger partial charge in [0.25, 0.3) is 0 Å². The highest BCUT2D eigenvalue weighted by atomic mass is 32.1. The molecule has 98 valence electrons. The molecule has 0 aliphatic carbocycles. The van der Waals surface area contributed by atoms with Gasteiger partial charge in [0.15, 0.2) is 0 Å². The second-order valence-corrected chi connectivity index (χ2v) is 5.86. The number of aryl methyl sites for hydroxylation is 1. The third kappa shape index (κ3) is 2.64. The van der Waals surface area contributed by atoms with Crippen LogP contribution < -0.4 is 11.1 Å². The number of nitrogens with two attached hydrogens (primary N) is 1. The summed E-state index contributed by atoms with van der Waals surface area (Å²) in [5, 5.41) is 7.54. The highest BCUT2D eigenvalue weighted by Gasteiger charge is 2.18. The van der Waals surface area contributed by atoms with Crippen molar-refractivity contribution in [2.45, 2.75) is 39.7 Å². The topological polar surface area (TPSA) is 63.8 Å². The molecule has 2 aromatic rings. The van der Waals surface area contributed by atoms with Gasteiger partial charge in [-0.3, -0.25) is 0 Å². The van der Waals surface area contributed by atoms with Gasteiger partial charge in [-0.2, -0.15) is 4.37 Å². The fourth-order valence-corrected chi connectivity index (χ4v) is 3.47. The summed E-state index contributed by atoms with van der Waals surface area (Å²) in [6.45, 7) is 6.35. The summed E-state index contributed by atoms with van der Waals surface area (Å²) in [6, 6.07) is 0.463. The van der Waals surface area contributed by atoms with E-state index in [0.29, 0.717) is 11.9 Å². The Bertz CT molecular complexity index is 514. The van der Waals surface area contributed by atoms with Gasteiger partial charge in [-0.1, -0.05) is 13.8 Å². The first-order valence-electron chi connectivity index (χ1n) is 6.09. The number of nitrogen functional groups attached to an aromatic ring is 1. The van der Waals surface area contributed by atoms with Crippen LogP contribution in [-0.4, -0.2) is 15.4 Å². The van der Waals surface area contributed by atoms with Crippen LogP contribution in [0.3, 0.4) is 0 Å². The normalized spacial score (nSPS) is 11.1. The molecular weight excluding hydrogens is 264 g/mol. The first-order valence-corrected chi connectivity index (χ1v) is 7.75. The molecule has 6 heteroatoms. The maximum Gasteiger partial charge on any atom is 0.149 e. The van der Waals surface area contributed by atoms with Crippen molar-refractivity contribution in [3.8, 4) is 10.6 Å². The molecule has 18 heavy (non-hydrogen) atoms. The summed E-state index contributed by atoms with van der Waals surface area (Å²) in [7, 11) is 0. The number of aromatic nitrogens is 2. The molecule has 2 heterocycles.